The normalized spacial score (nSPS) is 14.6. The van der Waals surface area contributed by atoms with Gasteiger partial charge in [0.25, 0.3) is 5.91 Å². The van der Waals surface area contributed by atoms with Crippen LogP contribution in [-0.2, 0) is 4.74 Å². The highest BCUT2D eigenvalue weighted by molar-refractivity contribution is 6.04. The van der Waals surface area contributed by atoms with Gasteiger partial charge < -0.3 is 15.0 Å². The summed E-state index contributed by atoms with van der Waals surface area (Å²) in [6.45, 7) is 6.90. The molecule has 1 amide bonds. The Morgan fingerprint density at radius 1 is 1.09 bits per heavy atom. The van der Waals surface area contributed by atoms with E-state index in [2.05, 4.69) is 20.2 Å². The van der Waals surface area contributed by atoms with Crippen LogP contribution in [0.3, 0.4) is 0 Å². The molecule has 1 N–H and O–H groups in total. The number of aromatic nitrogens is 2. The number of rotatable bonds is 3. The zero-order valence-electron chi connectivity index (χ0n) is 13.4. The van der Waals surface area contributed by atoms with E-state index in [4.69, 9.17) is 4.74 Å². The third-order valence-electron chi connectivity index (χ3n) is 3.67. The highest BCUT2D eigenvalue weighted by atomic mass is 16.5. The van der Waals surface area contributed by atoms with Gasteiger partial charge in [-0.1, -0.05) is 17.2 Å². The third kappa shape index (κ3) is 3.84. The van der Waals surface area contributed by atoms with Crippen LogP contribution < -0.4 is 10.2 Å². The van der Waals surface area contributed by atoms with E-state index in [1.165, 1.54) is 0 Å². The first-order valence-corrected chi connectivity index (χ1v) is 7.66. The summed E-state index contributed by atoms with van der Waals surface area (Å²) in [6.07, 6.45) is 3.27. The maximum absolute atomic E-state index is 12.3. The lowest BCUT2D eigenvalue weighted by atomic mass is 10.1. The summed E-state index contributed by atoms with van der Waals surface area (Å²) in [5.74, 6) is 0.511. The first-order chi connectivity index (χ1) is 11.1. The number of carbonyl (C=O) groups is 1. The van der Waals surface area contributed by atoms with Crippen LogP contribution in [0.15, 0.2) is 30.6 Å². The van der Waals surface area contributed by atoms with E-state index in [1.54, 1.807) is 12.4 Å². The standard InChI is InChI=1S/C17H20N4O2/c1-12-7-13(2)9-14(8-12)16(22)20-15-10-18-17(19-11-15)21-3-5-23-6-4-21/h7-11H,3-6H2,1-2H3,(H,20,22). The molecule has 3 rings (SSSR count). The number of morpholine rings is 1. The Kier molecular flexibility index (Phi) is 4.52. The summed E-state index contributed by atoms with van der Waals surface area (Å²) in [6, 6.07) is 5.77. The van der Waals surface area contributed by atoms with Gasteiger partial charge in [0.2, 0.25) is 5.95 Å². The number of hydrogen-bond donors (Lipinski definition) is 1. The minimum atomic E-state index is -0.153. The van der Waals surface area contributed by atoms with Crippen LogP contribution in [-0.4, -0.2) is 42.2 Å². The van der Waals surface area contributed by atoms with E-state index in [-0.39, 0.29) is 5.91 Å². The van der Waals surface area contributed by atoms with Gasteiger partial charge in [-0.05, 0) is 26.0 Å². The summed E-state index contributed by atoms with van der Waals surface area (Å²) in [7, 11) is 0. The predicted molar refractivity (Wildman–Crippen MR) is 88.9 cm³/mol. The Hall–Kier alpha value is -2.47. The van der Waals surface area contributed by atoms with Gasteiger partial charge in [0.1, 0.15) is 0 Å². The van der Waals surface area contributed by atoms with Crippen molar-refractivity contribution in [2.24, 2.45) is 0 Å². The molecular formula is C17H20N4O2. The van der Waals surface area contributed by atoms with Crippen molar-refractivity contribution >= 4 is 17.5 Å². The Morgan fingerprint density at radius 3 is 2.30 bits per heavy atom. The molecule has 0 unspecified atom stereocenters. The molecule has 1 aliphatic heterocycles. The largest absolute Gasteiger partial charge is 0.378 e. The van der Waals surface area contributed by atoms with E-state index in [0.29, 0.717) is 30.4 Å². The Bertz CT molecular complexity index is 674. The molecule has 6 heteroatoms. The van der Waals surface area contributed by atoms with Gasteiger partial charge in [-0.3, -0.25) is 4.79 Å². The van der Waals surface area contributed by atoms with E-state index in [0.717, 1.165) is 24.2 Å². The number of anilines is 2. The molecule has 1 saturated heterocycles. The molecule has 0 atom stereocenters. The SMILES string of the molecule is Cc1cc(C)cc(C(=O)Nc2cnc(N3CCOCC3)nc2)c1. The van der Waals surface area contributed by atoms with Crippen LogP contribution in [0.5, 0.6) is 0 Å². The molecule has 1 aliphatic rings. The quantitative estimate of drug-likeness (QED) is 0.941. The van der Waals surface area contributed by atoms with Crippen LogP contribution in [0.1, 0.15) is 21.5 Å². The molecule has 1 aromatic carbocycles. The molecule has 0 radical (unpaired) electrons. The van der Waals surface area contributed by atoms with Crippen molar-refractivity contribution in [2.75, 3.05) is 36.5 Å². The number of aryl methyl sites for hydroxylation is 2. The molecule has 2 aromatic rings. The number of nitrogens with zero attached hydrogens (tertiary/aromatic N) is 3. The average Bonchev–Trinajstić information content (AvgIpc) is 2.55. The Balaban J connectivity index is 1.68. The molecule has 0 bridgehead atoms. The van der Waals surface area contributed by atoms with Gasteiger partial charge in [0.15, 0.2) is 0 Å². The molecular weight excluding hydrogens is 292 g/mol. The van der Waals surface area contributed by atoms with Gasteiger partial charge in [0.05, 0.1) is 31.3 Å². The fourth-order valence-electron chi connectivity index (χ4n) is 2.62. The van der Waals surface area contributed by atoms with Crippen molar-refractivity contribution < 1.29 is 9.53 Å². The molecule has 2 heterocycles. The molecule has 120 valence electrons. The second-order valence-corrected chi connectivity index (χ2v) is 5.70. The molecule has 0 spiro atoms. The minimum absolute atomic E-state index is 0.153. The molecule has 0 saturated carbocycles. The summed E-state index contributed by atoms with van der Waals surface area (Å²) >= 11 is 0. The van der Waals surface area contributed by atoms with Crippen molar-refractivity contribution in [1.29, 1.82) is 0 Å². The van der Waals surface area contributed by atoms with E-state index in [9.17, 15) is 4.79 Å². The molecule has 0 aliphatic carbocycles. The van der Waals surface area contributed by atoms with Gasteiger partial charge >= 0.3 is 0 Å². The zero-order chi connectivity index (χ0) is 16.2. The maximum atomic E-state index is 12.3. The number of carbonyl (C=O) groups excluding carboxylic acids is 1. The number of amides is 1. The van der Waals surface area contributed by atoms with Crippen molar-refractivity contribution in [2.45, 2.75) is 13.8 Å². The first-order valence-electron chi connectivity index (χ1n) is 7.66. The van der Waals surface area contributed by atoms with Crippen LogP contribution >= 0.6 is 0 Å². The molecule has 1 aromatic heterocycles. The molecule has 6 nitrogen and oxygen atoms in total. The second kappa shape index (κ2) is 6.75. The smallest absolute Gasteiger partial charge is 0.255 e. The van der Waals surface area contributed by atoms with Crippen molar-refractivity contribution in [3.8, 4) is 0 Å². The summed E-state index contributed by atoms with van der Waals surface area (Å²) < 4.78 is 5.31. The number of ether oxygens (including phenoxy) is 1. The lowest BCUT2D eigenvalue weighted by molar-refractivity contribution is 0.102. The van der Waals surface area contributed by atoms with E-state index >= 15 is 0 Å². The van der Waals surface area contributed by atoms with Crippen LogP contribution in [0, 0.1) is 13.8 Å². The van der Waals surface area contributed by atoms with Gasteiger partial charge in [0, 0.05) is 18.7 Å². The van der Waals surface area contributed by atoms with Gasteiger partial charge in [-0.25, -0.2) is 9.97 Å². The second-order valence-electron chi connectivity index (χ2n) is 5.70. The van der Waals surface area contributed by atoms with Crippen LogP contribution in [0.2, 0.25) is 0 Å². The Labute approximate surface area is 135 Å². The maximum Gasteiger partial charge on any atom is 0.255 e. The monoisotopic (exact) mass is 312 g/mol. The van der Waals surface area contributed by atoms with Crippen LogP contribution in [0.25, 0.3) is 0 Å². The summed E-state index contributed by atoms with van der Waals surface area (Å²) in [4.78, 5) is 23.0. The Morgan fingerprint density at radius 2 is 1.70 bits per heavy atom. The van der Waals surface area contributed by atoms with Crippen molar-refractivity contribution in [1.82, 2.24) is 9.97 Å². The van der Waals surface area contributed by atoms with Crippen molar-refractivity contribution in [3.05, 3.63) is 47.3 Å². The van der Waals surface area contributed by atoms with Gasteiger partial charge in [-0.15, -0.1) is 0 Å². The fourth-order valence-corrected chi connectivity index (χ4v) is 2.62. The lowest BCUT2D eigenvalue weighted by Gasteiger charge is -2.26. The molecule has 1 fully saturated rings. The van der Waals surface area contributed by atoms with Gasteiger partial charge in [-0.2, -0.15) is 0 Å². The lowest BCUT2D eigenvalue weighted by Crippen LogP contribution is -2.37. The number of hydrogen-bond acceptors (Lipinski definition) is 5. The highest BCUT2D eigenvalue weighted by Crippen LogP contribution is 2.14. The summed E-state index contributed by atoms with van der Waals surface area (Å²) in [5.41, 5.74) is 3.36. The minimum Gasteiger partial charge on any atom is -0.378 e. The third-order valence-corrected chi connectivity index (χ3v) is 3.67. The van der Waals surface area contributed by atoms with E-state index in [1.807, 2.05) is 32.0 Å². The van der Waals surface area contributed by atoms with Crippen molar-refractivity contribution in [3.63, 3.8) is 0 Å². The number of benzene rings is 1. The van der Waals surface area contributed by atoms with Crippen LogP contribution in [0.4, 0.5) is 11.6 Å². The fraction of sp³-hybridized carbons (Fsp3) is 0.353. The zero-order valence-corrected chi connectivity index (χ0v) is 13.4. The molecule has 23 heavy (non-hydrogen) atoms. The highest BCUT2D eigenvalue weighted by Gasteiger charge is 2.14. The predicted octanol–water partition coefficient (Wildman–Crippen LogP) is 2.18. The topological polar surface area (TPSA) is 67.4 Å². The average molecular weight is 312 g/mol. The summed E-state index contributed by atoms with van der Waals surface area (Å²) in [5, 5.41) is 2.84. The van der Waals surface area contributed by atoms with E-state index < -0.39 is 0 Å². The first kappa shape index (κ1) is 15.4. The number of nitrogens with one attached hydrogen (secondary N) is 1.